The van der Waals surface area contributed by atoms with E-state index in [9.17, 15) is 4.79 Å². The van der Waals surface area contributed by atoms with Crippen molar-refractivity contribution in [3.05, 3.63) is 36.1 Å². The van der Waals surface area contributed by atoms with Gasteiger partial charge in [0.1, 0.15) is 11.3 Å². The summed E-state index contributed by atoms with van der Waals surface area (Å²) >= 11 is 0. The summed E-state index contributed by atoms with van der Waals surface area (Å²) in [5.41, 5.74) is 0.875. The van der Waals surface area contributed by atoms with Crippen LogP contribution in [0.15, 0.2) is 34.7 Å². The van der Waals surface area contributed by atoms with Crippen LogP contribution in [0.4, 0.5) is 0 Å². The van der Waals surface area contributed by atoms with Gasteiger partial charge in [0.25, 0.3) is 0 Å². The number of carbonyl (C=O) groups excluding carboxylic acids is 1. The Labute approximate surface area is 130 Å². The van der Waals surface area contributed by atoms with Gasteiger partial charge in [-0.05, 0) is 31.1 Å². The molecule has 1 saturated heterocycles. The van der Waals surface area contributed by atoms with Crippen molar-refractivity contribution in [3.8, 4) is 0 Å². The number of nitrogens with zero attached hydrogens (tertiary/aromatic N) is 1. The molecule has 1 aliphatic heterocycles. The molecule has 1 amide bonds. The Bertz CT molecular complexity index is 589. The second-order valence-corrected chi connectivity index (χ2v) is 5.65. The third-order valence-electron chi connectivity index (χ3n) is 4.16. The number of furan rings is 1. The Morgan fingerprint density at radius 1 is 1.43 bits per heavy atom. The predicted molar refractivity (Wildman–Crippen MR) is 85.5 cm³/mol. The van der Waals surface area contributed by atoms with Crippen LogP contribution in [0.25, 0.3) is 11.0 Å². The topological polar surface area (TPSA) is 45.5 Å². The number of halogens is 1. The molecule has 1 aliphatic rings. The second-order valence-electron chi connectivity index (χ2n) is 5.65. The van der Waals surface area contributed by atoms with Gasteiger partial charge in [0, 0.05) is 18.4 Å². The van der Waals surface area contributed by atoms with Gasteiger partial charge in [-0.25, -0.2) is 0 Å². The lowest BCUT2D eigenvalue weighted by atomic mass is 9.88. The number of rotatable bonds is 4. The third-order valence-corrected chi connectivity index (χ3v) is 4.16. The molecule has 1 N–H and O–H groups in total. The summed E-state index contributed by atoms with van der Waals surface area (Å²) in [5, 5.41) is 4.30. The monoisotopic (exact) mass is 308 g/mol. The molecule has 2 aromatic rings. The number of amides is 1. The number of hydrogen-bond donors (Lipinski definition) is 1. The number of fused-ring (bicyclic) bond motifs is 1. The van der Waals surface area contributed by atoms with E-state index in [2.05, 4.69) is 5.32 Å². The lowest BCUT2D eigenvalue weighted by Crippen LogP contribution is -2.49. The maximum atomic E-state index is 12.4. The SMILES string of the molecule is CC(C(=O)N(C)Cc1cc2ccccc2o1)C1CNC1.Cl. The Morgan fingerprint density at radius 2 is 2.14 bits per heavy atom. The van der Waals surface area contributed by atoms with Gasteiger partial charge in [-0.1, -0.05) is 25.1 Å². The first kappa shape index (κ1) is 15.9. The van der Waals surface area contributed by atoms with E-state index in [-0.39, 0.29) is 24.2 Å². The molecule has 5 heteroatoms. The fraction of sp³-hybridized carbons (Fsp3) is 0.438. The number of benzene rings is 1. The van der Waals surface area contributed by atoms with Crippen LogP contribution >= 0.6 is 12.4 Å². The van der Waals surface area contributed by atoms with Crippen LogP contribution < -0.4 is 5.32 Å². The summed E-state index contributed by atoms with van der Waals surface area (Å²) in [6, 6.07) is 9.92. The average molecular weight is 309 g/mol. The summed E-state index contributed by atoms with van der Waals surface area (Å²) in [5.74, 6) is 1.57. The maximum Gasteiger partial charge on any atom is 0.225 e. The Balaban J connectivity index is 0.00000161. The molecule has 0 saturated carbocycles. The van der Waals surface area contributed by atoms with Crippen LogP contribution in [0.3, 0.4) is 0 Å². The van der Waals surface area contributed by atoms with E-state index >= 15 is 0 Å². The first-order chi connectivity index (χ1) is 9.65. The van der Waals surface area contributed by atoms with Gasteiger partial charge in [-0.3, -0.25) is 4.79 Å². The lowest BCUT2D eigenvalue weighted by Gasteiger charge is -2.33. The zero-order valence-corrected chi connectivity index (χ0v) is 13.2. The first-order valence-electron chi connectivity index (χ1n) is 7.08. The Hall–Kier alpha value is -1.52. The van der Waals surface area contributed by atoms with Crippen molar-refractivity contribution in [2.45, 2.75) is 13.5 Å². The summed E-state index contributed by atoms with van der Waals surface area (Å²) in [4.78, 5) is 14.1. The van der Waals surface area contributed by atoms with Crippen molar-refractivity contribution in [2.24, 2.45) is 11.8 Å². The minimum atomic E-state index is 0. The van der Waals surface area contributed by atoms with Crippen molar-refractivity contribution < 1.29 is 9.21 Å². The zero-order valence-electron chi connectivity index (χ0n) is 12.3. The van der Waals surface area contributed by atoms with Crippen molar-refractivity contribution in [3.63, 3.8) is 0 Å². The number of para-hydroxylation sites is 1. The molecule has 3 rings (SSSR count). The van der Waals surface area contributed by atoms with Gasteiger partial charge in [-0.15, -0.1) is 12.4 Å². The summed E-state index contributed by atoms with van der Waals surface area (Å²) < 4.78 is 5.76. The highest BCUT2D eigenvalue weighted by Crippen LogP contribution is 2.22. The number of hydrogen-bond acceptors (Lipinski definition) is 3. The number of nitrogens with one attached hydrogen (secondary N) is 1. The minimum absolute atomic E-state index is 0. The third kappa shape index (κ3) is 3.22. The molecule has 1 aromatic heterocycles. The quantitative estimate of drug-likeness (QED) is 0.944. The van der Waals surface area contributed by atoms with Crippen molar-refractivity contribution in [1.82, 2.24) is 10.2 Å². The average Bonchev–Trinajstić information content (AvgIpc) is 2.77. The second kappa shape index (κ2) is 6.50. The largest absolute Gasteiger partial charge is 0.459 e. The summed E-state index contributed by atoms with van der Waals surface area (Å²) in [7, 11) is 1.85. The molecule has 4 nitrogen and oxygen atoms in total. The molecule has 0 radical (unpaired) electrons. The Kier molecular flexibility index (Phi) is 4.91. The summed E-state index contributed by atoms with van der Waals surface area (Å²) in [6.07, 6.45) is 0. The van der Waals surface area contributed by atoms with Gasteiger partial charge >= 0.3 is 0 Å². The fourth-order valence-electron chi connectivity index (χ4n) is 2.64. The van der Waals surface area contributed by atoms with Crippen LogP contribution in [-0.2, 0) is 11.3 Å². The van der Waals surface area contributed by atoms with E-state index in [1.807, 2.05) is 44.3 Å². The van der Waals surface area contributed by atoms with Crippen LogP contribution in [0.2, 0.25) is 0 Å². The minimum Gasteiger partial charge on any atom is -0.459 e. The van der Waals surface area contributed by atoms with Crippen LogP contribution in [-0.4, -0.2) is 30.9 Å². The molecule has 1 unspecified atom stereocenters. The first-order valence-corrected chi connectivity index (χ1v) is 7.08. The molecule has 0 aliphatic carbocycles. The van der Waals surface area contributed by atoms with E-state index in [0.29, 0.717) is 12.5 Å². The zero-order chi connectivity index (χ0) is 14.1. The number of carbonyl (C=O) groups is 1. The predicted octanol–water partition coefficient (Wildman–Crippen LogP) is 2.67. The normalized spacial score (nSPS) is 16.1. The molecule has 2 heterocycles. The summed E-state index contributed by atoms with van der Waals surface area (Å²) in [6.45, 7) is 4.44. The Morgan fingerprint density at radius 3 is 2.76 bits per heavy atom. The van der Waals surface area contributed by atoms with E-state index in [4.69, 9.17) is 4.42 Å². The fourth-order valence-corrected chi connectivity index (χ4v) is 2.64. The maximum absolute atomic E-state index is 12.4. The highest BCUT2D eigenvalue weighted by molar-refractivity contribution is 5.85. The molecule has 0 bridgehead atoms. The standard InChI is InChI=1S/C16H20N2O2.ClH/c1-11(13-8-17-9-13)16(19)18(2)10-14-7-12-5-3-4-6-15(12)20-14;/h3-7,11,13,17H,8-10H2,1-2H3;1H. The smallest absolute Gasteiger partial charge is 0.225 e. The van der Waals surface area contributed by atoms with Crippen LogP contribution in [0.5, 0.6) is 0 Å². The molecule has 1 fully saturated rings. The van der Waals surface area contributed by atoms with Gasteiger partial charge in [0.15, 0.2) is 0 Å². The molecular formula is C16H21ClN2O2. The highest BCUT2D eigenvalue weighted by Gasteiger charge is 2.30. The van der Waals surface area contributed by atoms with E-state index in [0.717, 1.165) is 29.8 Å². The van der Waals surface area contributed by atoms with Crippen LogP contribution in [0.1, 0.15) is 12.7 Å². The van der Waals surface area contributed by atoms with Gasteiger partial charge in [0.2, 0.25) is 5.91 Å². The van der Waals surface area contributed by atoms with Crippen LogP contribution in [0, 0.1) is 11.8 Å². The van der Waals surface area contributed by atoms with E-state index in [1.54, 1.807) is 4.90 Å². The molecular weight excluding hydrogens is 288 g/mol. The van der Waals surface area contributed by atoms with Crippen molar-refractivity contribution in [1.29, 1.82) is 0 Å². The van der Waals surface area contributed by atoms with Gasteiger partial charge in [-0.2, -0.15) is 0 Å². The molecule has 1 aromatic carbocycles. The van der Waals surface area contributed by atoms with Crippen molar-refractivity contribution >= 4 is 29.3 Å². The van der Waals surface area contributed by atoms with Crippen molar-refractivity contribution in [2.75, 3.05) is 20.1 Å². The molecule has 21 heavy (non-hydrogen) atoms. The highest BCUT2D eigenvalue weighted by atomic mass is 35.5. The van der Waals surface area contributed by atoms with Gasteiger partial charge in [0.05, 0.1) is 6.54 Å². The van der Waals surface area contributed by atoms with E-state index in [1.165, 1.54) is 0 Å². The molecule has 114 valence electrons. The van der Waals surface area contributed by atoms with E-state index < -0.39 is 0 Å². The molecule has 0 spiro atoms. The lowest BCUT2D eigenvalue weighted by molar-refractivity contribution is -0.136. The molecule has 1 atom stereocenters. The van der Waals surface area contributed by atoms with Gasteiger partial charge < -0.3 is 14.6 Å².